The van der Waals surface area contributed by atoms with E-state index in [0.717, 1.165) is 11.0 Å². The average molecular weight is 375 g/mol. The van der Waals surface area contributed by atoms with Crippen molar-refractivity contribution in [2.45, 2.75) is 6.42 Å². The average Bonchev–Trinajstić information content (AvgIpc) is 3.39. The number of aromatic nitrogens is 3. The summed E-state index contributed by atoms with van der Waals surface area (Å²) in [4.78, 5) is 32.5. The van der Waals surface area contributed by atoms with Gasteiger partial charge in [-0.15, -0.1) is 0 Å². The summed E-state index contributed by atoms with van der Waals surface area (Å²) in [5.41, 5.74) is 2.42. The highest BCUT2D eigenvalue weighted by molar-refractivity contribution is 5.93. The number of para-hydroxylation sites is 2. The van der Waals surface area contributed by atoms with Gasteiger partial charge >= 0.3 is 0 Å². The van der Waals surface area contributed by atoms with Crippen LogP contribution in [-0.4, -0.2) is 32.9 Å². The molecule has 2 N–H and O–H groups in total. The number of pyridine rings is 1. The van der Waals surface area contributed by atoms with E-state index in [9.17, 15) is 9.59 Å². The minimum absolute atomic E-state index is 0.139. The quantitative estimate of drug-likeness (QED) is 0.539. The van der Waals surface area contributed by atoms with Crippen molar-refractivity contribution in [1.82, 2.24) is 19.9 Å². The van der Waals surface area contributed by atoms with E-state index in [1.165, 1.54) is 6.26 Å². The fourth-order valence-corrected chi connectivity index (χ4v) is 2.75. The van der Waals surface area contributed by atoms with Gasteiger partial charge in [-0.1, -0.05) is 12.1 Å². The topological polar surface area (TPSA) is 102 Å². The van der Waals surface area contributed by atoms with Gasteiger partial charge in [-0.2, -0.15) is 0 Å². The molecule has 8 heteroatoms. The van der Waals surface area contributed by atoms with Gasteiger partial charge in [0.25, 0.3) is 5.91 Å². The lowest BCUT2D eigenvalue weighted by Crippen LogP contribution is -2.27. The summed E-state index contributed by atoms with van der Waals surface area (Å²) in [6.07, 6.45) is 4.86. The van der Waals surface area contributed by atoms with E-state index in [4.69, 9.17) is 4.42 Å². The summed E-state index contributed by atoms with van der Waals surface area (Å²) >= 11 is 0. The molecule has 28 heavy (non-hydrogen) atoms. The third-order valence-electron chi connectivity index (χ3n) is 4.11. The largest absolute Gasteiger partial charge is 0.459 e. The first-order valence-electron chi connectivity index (χ1n) is 8.71. The Morgan fingerprint density at radius 3 is 2.71 bits per heavy atom. The third-order valence-corrected chi connectivity index (χ3v) is 4.11. The van der Waals surface area contributed by atoms with Crippen molar-refractivity contribution in [3.63, 3.8) is 0 Å². The molecular formula is C20H17N5O3. The SMILES string of the molecule is O=C(CCNC(=O)c1ccco1)Nc1ccc(-n2cnc3ccccc32)nc1. The van der Waals surface area contributed by atoms with Crippen LogP contribution < -0.4 is 10.6 Å². The molecule has 1 aromatic carbocycles. The lowest BCUT2D eigenvalue weighted by molar-refractivity contribution is -0.116. The molecule has 8 nitrogen and oxygen atoms in total. The number of benzene rings is 1. The van der Waals surface area contributed by atoms with Crippen LogP contribution in [0.25, 0.3) is 16.9 Å². The third kappa shape index (κ3) is 3.75. The van der Waals surface area contributed by atoms with Crippen molar-refractivity contribution < 1.29 is 14.0 Å². The lowest BCUT2D eigenvalue weighted by atomic mass is 10.3. The molecule has 0 radical (unpaired) electrons. The molecule has 4 aromatic rings. The highest BCUT2D eigenvalue weighted by atomic mass is 16.3. The van der Waals surface area contributed by atoms with E-state index in [2.05, 4.69) is 20.6 Å². The number of hydrogen-bond donors (Lipinski definition) is 2. The van der Waals surface area contributed by atoms with Crippen molar-refractivity contribution in [3.05, 3.63) is 73.1 Å². The Labute approximate surface area is 160 Å². The molecule has 3 heterocycles. The summed E-state index contributed by atoms with van der Waals surface area (Å²) in [7, 11) is 0. The van der Waals surface area contributed by atoms with Crippen LogP contribution in [0.1, 0.15) is 17.0 Å². The molecule has 0 saturated carbocycles. The van der Waals surface area contributed by atoms with Crippen molar-refractivity contribution in [1.29, 1.82) is 0 Å². The van der Waals surface area contributed by atoms with Crippen molar-refractivity contribution >= 4 is 28.5 Å². The van der Waals surface area contributed by atoms with Crippen molar-refractivity contribution in [3.8, 4) is 5.82 Å². The van der Waals surface area contributed by atoms with Gasteiger partial charge in [0, 0.05) is 13.0 Å². The fraction of sp³-hybridized carbons (Fsp3) is 0.100. The van der Waals surface area contributed by atoms with Gasteiger partial charge in [0.2, 0.25) is 5.91 Å². The number of furan rings is 1. The zero-order chi connectivity index (χ0) is 19.3. The molecule has 0 fully saturated rings. The van der Waals surface area contributed by atoms with E-state index in [1.54, 1.807) is 30.7 Å². The standard InChI is InChI=1S/C20H17N5O3/c26-19(9-10-21-20(27)17-6-3-11-28-17)24-14-7-8-18(22-12-14)25-13-23-15-4-1-2-5-16(15)25/h1-8,11-13H,9-10H2,(H,21,27)(H,24,26). The van der Waals surface area contributed by atoms with Gasteiger partial charge in [-0.05, 0) is 36.4 Å². The van der Waals surface area contributed by atoms with Crippen LogP contribution in [0, 0.1) is 0 Å². The lowest BCUT2D eigenvalue weighted by Gasteiger charge is -2.07. The number of imidazole rings is 1. The Bertz CT molecular complexity index is 1100. The predicted molar refractivity (Wildman–Crippen MR) is 103 cm³/mol. The number of hydrogen-bond acceptors (Lipinski definition) is 5. The minimum Gasteiger partial charge on any atom is -0.459 e. The number of fused-ring (bicyclic) bond motifs is 1. The van der Waals surface area contributed by atoms with Crippen molar-refractivity contribution in [2.75, 3.05) is 11.9 Å². The van der Waals surface area contributed by atoms with Crippen LogP contribution in [0.5, 0.6) is 0 Å². The van der Waals surface area contributed by atoms with Gasteiger partial charge in [0.15, 0.2) is 5.76 Å². The Morgan fingerprint density at radius 1 is 1.04 bits per heavy atom. The number of carbonyl (C=O) groups excluding carboxylic acids is 2. The first kappa shape index (κ1) is 17.5. The first-order valence-corrected chi connectivity index (χ1v) is 8.71. The second-order valence-corrected chi connectivity index (χ2v) is 6.04. The maximum absolute atomic E-state index is 12.0. The molecule has 4 rings (SSSR count). The highest BCUT2D eigenvalue weighted by Crippen LogP contribution is 2.17. The number of nitrogens with zero attached hydrogens (tertiary/aromatic N) is 3. The molecule has 0 atom stereocenters. The van der Waals surface area contributed by atoms with E-state index < -0.39 is 0 Å². The molecule has 0 spiro atoms. The van der Waals surface area contributed by atoms with Gasteiger partial charge in [0.05, 0.1) is 29.2 Å². The summed E-state index contributed by atoms with van der Waals surface area (Å²) in [6, 6.07) is 14.6. The van der Waals surface area contributed by atoms with Crippen LogP contribution in [0.15, 0.2) is 71.7 Å². The molecule has 0 unspecified atom stereocenters. The number of carbonyl (C=O) groups is 2. The summed E-state index contributed by atoms with van der Waals surface area (Å²) in [6.45, 7) is 0.206. The Morgan fingerprint density at radius 2 is 1.93 bits per heavy atom. The molecule has 0 aliphatic carbocycles. The second kappa shape index (κ2) is 7.75. The molecule has 140 valence electrons. The summed E-state index contributed by atoms with van der Waals surface area (Å²) in [5, 5.41) is 5.39. The van der Waals surface area contributed by atoms with Gasteiger partial charge < -0.3 is 15.1 Å². The summed E-state index contributed by atoms with van der Waals surface area (Å²) in [5.74, 6) is 0.350. The van der Waals surface area contributed by atoms with E-state index >= 15 is 0 Å². The van der Waals surface area contributed by atoms with Crippen molar-refractivity contribution in [2.24, 2.45) is 0 Å². The van der Waals surface area contributed by atoms with Gasteiger partial charge in [-0.3, -0.25) is 14.2 Å². The monoisotopic (exact) mass is 375 g/mol. The Hall–Kier alpha value is -3.94. The molecule has 0 saturated heterocycles. The fourth-order valence-electron chi connectivity index (χ4n) is 2.75. The molecule has 2 amide bonds. The molecule has 0 aliphatic heterocycles. The number of amides is 2. The van der Waals surface area contributed by atoms with Crippen LogP contribution in [0.3, 0.4) is 0 Å². The Balaban J connectivity index is 1.33. The summed E-state index contributed by atoms with van der Waals surface area (Å²) < 4.78 is 6.87. The van der Waals surface area contributed by atoms with Crippen LogP contribution >= 0.6 is 0 Å². The molecule has 3 aromatic heterocycles. The van der Waals surface area contributed by atoms with E-state index in [-0.39, 0.29) is 30.5 Å². The second-order valence-electron chi connectivity index (χ2n) is 6.04. The number of rotatable bonds is 6. The minimum atomic E-state index is -0.351. The zero-order valence-electron chi connectivity index (χ0n) is 14.8. The van der Waals surface area contributed by atoms with Crippen LogP contribution in [-0.2, 0) is 4.79 Å². The zero-order valence-corrected chi connectivity index (χ0v) is 14.8. The van der Waals surface area contributed by atoms with Crippen LogP contribution in [0.2, 0.25) is 0 Å². The number of nitrogens with one attached hydrogen (secondary N) is 2. The van der Waals surface area contributed by atoms with Gasteiger partial charge in [-0.25, -0.2) is 9.97 Å². The van der Waals surface area contributed by atoms with E-state index in [1.807, 2.05) is 34.9 Å². The molecular weight excluding hydrogens is 358 g/mol. The highest BCUT2D eigenvalue weighted by Gasteiger charge is 2.10. The maximum Gasteiger partial charge on any atom is 0.286 e. The van der Waals surface area contributed by atoms with Crippen LogP contribution in [0.4, 0.5) is 5.69 Å². The smallest absolute Gasteiger partial charge is 0.286 e. The molecule has 0 bridgehead atoms. The van der Waals surface area contributed by atoms with Gasteiger partial charge in [0.1, 0.15) is 12.1 Å². The normalized spacial score (nSPS) is 10.7. The predicted octanol–water partition coefficient (Wildman–Crippen LogP) is 2.77. The Kier molecular flexibility index (Phi) is 4.83. The molecule has 0 aliphatic rings. The number of anilines is 1. The maximum atomic E-state index is 12.0. The van der Waals surface area contributed by atoms with E-state index in [0.29, 0.717) is 11.5 Å². The first-order chi connectivity index (χ1) is 13.7.